The highest BCUT2D eigenvalue weighted by atomic mass is 16.2. The topological polar surface area (TPSA) is 64.7 Å². The van der Waals surface area contributed by atoms with Gasteiger partial charge in [-0.1, -0.05) is 0 Å². The zero-order chi connectivity index (χ0) is 14.0. The lowest BCUT2D eigenvalue weighted by Crippen LogP contribution is -2.24. The number of aryl methyl sites for hydroxylation is 2. The molecule has 2 rings (SSSR count). The van der Waals surface area contributed by atoms with Crippen LogP contribution in [0.1, 0.15) is 31.3 Å². The van der Waals surface area contributed by atoms with E-state index >= 15 is 0 Å². The lowest BCUT2D eigenvalue weighted by atomic mass is 10.2. The summed E-state index contributed by atoms with van der Waals surface area (Å²) in [5, 5.41) is 11.4. The Hall–Kier alpha value is -2.11. The minimum atomic E-state index is -0.348. The zero-order valence-corrected chi connectivity index (χ0v) is 11.7. The van der Waals surface area contributed by atoms with Gasteiger partial charge >= 0.3 is 0 Å². The third-order valence-electron chi connectivity index (χ3n) is 3.23. The molecule has 0 saturated heterocycles. The van der Waals surface area contributed by atoms with Crippen LogP contribution in [0.25, 0.3) is 0 Å². The average molecular weight is 261 g/mol. The molecule has 1 amide bonds. The van der Waals surface area contributed by atoms with Crippen LogP contribution >= 0.6 is 0 Å². The van der Waals surface area contributed by atoms with Crippen molar-refractivity contribution in [2.45, 2.75) is 40.3 Å². The molecule has 19 heavy (non-hydrogen) atoms. The largest absolute Gasteiger partial charge is 0.321 e. The highest BCUT2D eigenvalue weighted by molar-refractivity contribution is 5.94. The molecule has 0 radical (unpaired) electrons. The predicted molar refractivity (Wildman–Crippen MR) is 72.9 cm³/mol. The van der Waals surface area contributed by atoms with Crippen molar-refractivity contribution in [1.82, 2.24) is 19.6 Å². The number of carbonyl (C=O) groups excluding carboxylic acids is 1. The Morgan fingerprint density at radius 3 is 2.74 bits per heavy atom. The van der Waals surface area contributed by atoms with Crippen molar-refractivity contribution in [3.63, 3.8) is 0 Å². The third-order valence-corrected chi connectivity index (χ3v) is 3.23. The van der Waals surface area contributed by atoms with Gasteiger partial charge in [-0.05, 0) is 33.8 Å². The number of hydrogen-bond acceptors (Lipinski definition) is 3. The highest BCUT2D eigenvalue weighted by Crippen LogP contribution is 2.20. The normalized spacial score (nSPS) is 12.4. The van der Waals surface area contributed by atoms with Crippen molar-refractivity contribution < 1.29 is 4.79 Å². The van der Waals surface area contributed by atoms with Crippen LogP contribution < -0.4 is 5.32 Å². The first-order valence-corrected chi connectivity index (χ1v) is 6.38. The Labute approximate surface area is 112 Å². The predicted octanol–water partition coefficient (Wildman–Crippen LogP) is 1.92. The molecule has 0 aromatic carbocycles. The first-order chi connectivity index (χ1) is 9.04. The van der Waals surface area contributed by atoms with E-state index in [1.54, 1.807) is 23.1 Å². The van der Waals surface area contributed by atoms with Gasteiger partial charge < -0.3 is 5.32 Å². The molecule has 1 unspecified atom stereocenters. The van der Waals surface area contributed by atoms with E-state index in [1.807, 2.05) is 32.4 Å². The van der Waals surface area contributed by atoms with E-state index in [1.165, 1.54) is 0 Å². The van der Waals surface area contributed by atoms with Gasteiger partial charge in [-0.25, -0.2) is 0 Å². The van der Waals surface area contributed by atoms with Crippen LogP contribution in [0.5, 0.6) is 0 Å². The molecule has 0 spiro atoms. The second kappa shape index (κ2) is 5.26. The average Bonchev–Trinajstić information content (AvgIpc) is 3.01. The third kappa shape index (κ3) is 2.52. The summed E-state index contributed by atoms with van der Waals surface area (Å²) >= 11 is 0. The first-order valence-electron chi connectivity index (χ1n) is 6.38. The van der Waals surface area contributed by atoms with Gasteiger partial charge in [0.05, 0.1) is 17.1 Å². The van der Waals surface area contributed by atoms with Crippen molar-refractivity contribution in [3.8, 4) is 0 Å². The van der Waals surface area contributed by atoms with Crippen LogP contribution in [0, 0.1) is 13.8 Å². The molecule has 0 aliphatic heterocycles. The van der Waals surface area contributed by atoms with Crippen molar-refractivity contribution in [1.29, 1.82) is 0 Å². The Kier molecular flexibility index (Phi) is 3.69. The van der Waals surface area contributed by atoms with Crippen LogP contribution in [0.3, 0.4) is 0 Å². The van der Waals surface area contributed by atoms with Crippen molar-refractivity contribution >= 4 is 11.6 Å². The molecule has 102 valence electrons. The summed E-state index contributed by atoms with van der Waals surface area (Å²) in [5.41, 5.74) is 2.60. The van der Waals surface area contributed by atoms with E-state index in [0.717, 1.165) is 23.6 Å². The second-order valence-electron chi connectivity index (χ2n) is 4.51. The van der Waals surface area contributed by atoms with Gasteiger partial charge in [0.25, 0.3) is 0 Å². The lowest BCUT2D eigenvalue weighted by molar-refractivity contribution is -0.119. The molecule has 0 aliphatic carbocycles. The molecule has 1 atom stereocenters. The minimum Gasteiger partial charge on any atom is -0.321 e. The summed E-state index contributed by atoms with van der Waals surface area (Å²) in [4.78, 5) is 12.2. The maximum atomic E-state index is 12.2. The molecule has 0 saturated carbocycles. The van der Waals surface area contributed by atoms with Gasteiger partial charge in [-0.3, -0.25) is 14.2 Å². The van der Waals surface area contributed by atoms with E-state index in [9.17, 15) is 4.79 Å². The highest BCUT2D eigenvalue weighted by Gasteiger charge is 2.19. The molecular formula is C13H19N5O. The molecule has 2 heterocycles. The monoisotopic (exact) mass is 261 g/mol. The molecule has 1 N–H and O–H groups in total. The van der Waals surface area contributed by atoms with Crippen LogP contribution in [-0.2, 0) is 11.3 Å². The number of hydrogen-bond donors (Lipinski definition) is 1. The Balaban J connectivity index is 2.17. The fraction of sp³-hybridized carbons (Fsp3) is 0.462. The van der Waals surface area contributed by atoms with Crippen molar-refractivity contribution in [2.75, 3.05) is 5.32 Å². The number of aromatic nitrogens is 4. The number of amides is 1. The van der Waals surface area contributed by atoms with E-state index in [0.29, 0.717) is 0 Å². The number of carbonyl (C=O) groups is 1. The summed E-state index contributed by atoms with van der Waals surface area (Å²) in [7, 11) is 0. The summed E-state index contributed by atoms with van der Waals surface area (Å²) in [6.07, 6.45) is 3.44. The quantitative estimate of drug-likeness (QED) is 0.914. The molecule has 2 aromatic rings. The van der Waals surface area contributed by atoms with E-state index in [4.69, 9.17) is 0 Å². The van der Waals surface area contributed by atoms with Crippen LogP contribution in [-0.4, -0.2) is 25.5 Å². The van der Waals surface area contributed by atoms with Gasteiger partial charge in [-0.2, -0.15) is 10.2 Å². The number of nitrogens with zero attached hydrogens (tertiary/aromatic N) is 4. The Bertz CT molecular complexity index is 570. The summed E-state index contributed by atoms with van der Waals surface area (Å²) in [5.74, 6) is -0.0921. The maximum absolute atomic E-state index is 12.2. The second-order valence-corrected chi connectivity index (χ2v) is 4.51. The van der Waals surface area contributed by atoms with Crippen molar-refractivity contribution in [3.05, 3.63) is 29.8 Å². The van der Waals surface area contributed by atoms with Crippen LogP contribution in [0.4, 0.5) is 5.69 Å². The van der Waals surface area contributed by atoms with Gasteiger partial charge in [0.2, 0.25) is 5.91 Å². The fourth-order valence-electron chi connectivity index (χ4n) is 2.04. The van der Waals surface area contributed by atoms with E-state index in [-0.39, 0.29) is 11.9 Å². The Morgan fingerprint density at radius 2 is 2.21 bits per heavy atom. The molecule has 6 nitrogen and oxygen atoms in total. The van der Waals surface area contributed by atoms with Gasteiger partial charge in [-0.15, -0.1) is 0 Å². The fourth-order valence-corrected chi connectivity index (χ4v) is 2.04. The van der Waals surface area contributed by atoms with Gasteiger partial charge in [0, 0.05) is 18.9 Å². The summed E-state index contributed by atoms with van der Waals surface area (Å²) in [6, 6.07) is 1.45. The van der Waals surface area contributed by atoms with Crippen LogP contribution in [0.15, 0.2) is 18.5 Å². The van der Waals surface area contributed by atoms with Crippen molar-refractivity contribution in [2.24, 2.45) is 0 Å². The smallest absolute Gasteiger partial charge is 0.249 e. The molecule has 2 aromatic heterocycles. The summed E-state index contributed by atoms with van der Waals surface area (Å²) < 4.78 is 3.51. The van der Waals surface area contributed by atoms with Crippen LogP contribution in [0.2, 0.25) is 0 Å². The molecular weight excluding hydrogens is 242 g/mol. The number of anilines is 1. The van der Waals surface area contributed by atoms with E-state index < -0.39 is 0 Å². The zero-order valence-electron chi connectivity index (χ0n) is 11.7. The maximum Gasteiger partial charge on any atom is 0.249 e. The molecule has 6 heteroatoms. The molecule has 0 aliphatic rings. The van der Waals surface area contributed by atoms with Gasteiger partial charge in [0.15, 0.2) is 0 Å². The summed E-state index contributed by atoms with van der Waals surface area (Å²) in [6.45, 7) is 8.48. The van der Waals surface area contributed by atoms with E-state index in [2.05, 4.69) is 15.5 Å². The number of nitrogens with one attached hydrogen (secondary N) is 1. The SMILES string of the molecule is CCn1nc(C)c(NC(=O)C(C)n2cccn2)c1C. The lowest BCUT2D eigenvalue weighted by Gasteiger charge is -2.13. The minimum absolute atomic E-state index is 0.0921. The number of rotatable bonds is 4. The molecule has 0 fully saturated rings. The van der Waals surface area contributed by atoms with Gasteiger partial charge in [0.1, 0.15) is 6.04 Å². The first kappa shape index (κ1) is 13.3. The molecule has 0 bridgehead atoms. The Morgan fingerprint density at radius 1 is 1.47 bits per heavy atom. The standard InChI is InChI=1S/C13H19N5O/c1-5-17-10(3)12(9(2)16-17)15-13(19)11(4)18-8-6-7-14-18/h6-8,11H,5H2,1-4H3,(H,15,19).